The van der Waals surface area contributed by atoms with E-state index in [4.69, 9.17) is 0 Å². The maximum Gasteiger partial charge on any atom is 0.293 e. The van der Waals surface area contributed by atoms with Crippen molar-refractivity contribution in [2.24, 2.45) is 0 Å². The van der Waals surface area contributed by atoms with Gasteiger partial charge in [0, 0.05) is 18.5 Å². The van der Waals surface area contributed by atoms with Crippen molar-refractivity contribution in [3.05, 3.63) is 58.9 Å². The fourth-order valence-electron chi connectivity index (χ4n) is 3.01. The molecule has 0 atom stereocenters. The standard InChI is InChI=1S/C17H16N6O2S/c1-12-14(10-18-23(12)13-6-3-2-4-7-13)16(24)21-8-5-9-22(21)17(25)15-11-26-20-19-15/h2-4,6-7,10-11H,5,8-9H2,1H3. The van der Waals surface area contributed by atoms with Gasteiger partial charge < -0.3 is 0 Å². The van der Waals surface area contributed by atoms with Gasteiger partial charge in [0.05, 0.1) is 23.1 Å². The van der Waals surface area contributed by atoms with Crippen LogP contribution in [0.15, 0.2) is 41.9 Å². The zero-order valence-corrected chi connectivity index (χ0v) is 14.9. The van der Waals surface area contributed by atoms with E-state index >= 15 is 0 Å². The van der Waals surface area contributed by atoms with Gasteiger partial charge in [0.25, 0.3) is 11.8 Å². The Balaban J connectivity index is 1.61. The topological polar surface area (TPSA) is 84.2 Å². The van der Waals surface area contributed by atoms with Crippen LogP contribution >= 0.6 is 11.5 Å². The molecule has 4 rings (SSSR count). The van der Waals surface area contributed by atoms with Crippen LogP contribution in [0.1, 0.15) is 33.0 Å². The van der Waals surface area contributed by atoms with E-state index in [9.17, 15) is 9.59 Å². The Morgan fingerprint density at radius 1 is 1.08 bits per heavy atom. The first-order valence-corrected chi connectivity index (χ1v) is 9.01. The highest BCUT2D eigenvalue weighted by atomic mass is 32.1. The molecule has 0 N–H and O–H groups in total. The number of carbonyl (C=O) groups excluding carboxylic acids is 2. The highest BCUT2D eigenvalue weighted by molar-refractivity contribution is 7.03. The average Bonchev–Trinajstić information content (AvgIpc) is 3.42. The Morgan fingerprint density at radius 2 is 1.81 bits per heavy atom. The van der Waals surface area contributed by atoms with E-state index in [1.165, 1.54) is 10.0 Å². The van der Waals surface area contributed by atoms with Gasteiger partial charge in [-0.3, -0.25) is 9.59 Å². The molecule has 0 unspecified atom stereocenters. The highest BCUT2D eigenvalue weighted by Crippen LogP contribution is 2.21. The third-order valence-corrected chi connectivity index (χ3v) is 4.82. The molecule has 0 bridgehead atoms. The Labute approximate surface area is 153 Å². The van der Waals surface area contributed by atoms with Crippen molar-refractivity contribution in [2.75, 3.05) is 13.1 Å². The van der Waals surface area contributed by atoms with Crippen LogP contribution in [0, 0.1) is 6.92 Å². The summed E-state index contributed by atoms with van der Waals surface area (Å²) in [5.74, 6) is -0.545. The molecular formula is C17H16N6O2S. The lowest BCUT2D eigenvalue weighted by molar-refractivity contribution is 0.0182. The normalized spacial score (nSPS) is 14.0. The lowest BCUT2D eigenvalue weighted by atomic mass is 10.2. The molecule has 0 saturated carbocycles. The summed E-state index contributed by atoms with van der Waals surface area (Å²) >= 11 is 1.11. The molecule has 1 aliphatic rings. The summed E-state index contributed by atoms with van der Waals surface area (Å²) in [7, 11) is 0. The maximum absolute atomic E-state index is 13.0. The van der Waals surface area contributed by atoms with E-state index in [1.54, 1.807) is 16.3 Å². The lowest BCUT2D eigenvalue weighted by Crippen LogP contribution is -2.45. The lowest BCUT2D eigenvalue weighted by Gasteiger charge is -2.27. The molecule has 1 fully saturated rings. The van der Waals surface area contributed by atoms with Crippen LogP contribution in [-0.4, -0.2) is 54.3 Å². The third-order valence-electron chi connectivity index (χ3n) is 4.32. The first kappa shape index (κ1) is 16.4. The van der Waals surface area contributed by atoms with Crippen molar-refractivity contribution < 1.29 is 9.59 Å². The van der Waals surface area contributed by atoms with Crippen molar-refractivity contribution in [3.8, 4) is 5.69 Å². The number of benzene rings is 1. The fraction of sp³-hybridized carbons (Fsp3) is 0.235. The van der Waals surface area contributed by atoms with Crippen molar-refractivity contribution in [1.29, 1.82) is 0 Å². The number of nitrogens with zero attached hydrogens (tertiary/aromatic N) is 6. The number of para-hydroxylation sites is 1. The molecular weight excluding hydrogens is 352 g/mol. The zero-order chi connectivity index (χ0) is 18.1. The molecule has 26 heavy (non-hydrogen) atoms. The molecule has 2 amide bonds. The quantitative estimate of drug-likeness (QED) is 0.705. The number of hydrazine groups is 1. The van der Waals surface area contributed by atoms with Crippen LogP contribution in [0.4, 0.5) is 0 Å². The largest absolute Gasteiger partial charge is 0.293 e. The van der Waals surface area contributed by atoms with Gasteiger partial charge in [0.2, 0.25) is 0 Å². The number of hydrogen-bond acceptors (Lipinski definition) is 6. The van der Waals surface area contributed by atoms with E-state index in [0.717, 1.165) is 29.3 Å². The minimum absolute atomic E-state index is 0.237. The molecule has 0 spiro atoms. The van der Waals surface area contributed by atoms with Crippen LogP contribution in [0.25, 0.3) is 5.69 Å². The van der Waals surface area contributed by atoms with Gasteiger partial charge in [-0.05, 0) is 37.0 Å². The summed E-state index contributed by atoms with van der Waals surface area (Å²) in [5.41, 5.74) is 2.35. The van der Waals surface area contributed by atoms with Crippen LogP contribution < -0.4 is 0 Å². The summed E-state index contributed by atoms with van der Waals surface area (Å²) in [5, 5.41) is 12.7. The van der Waals surface area contributed by atoms with E-state index in [1.807, 2.05) is 37.3 Å². The molecule has 1 aliphatic heterocycles. The predicted molar refractivity (Wildman–Crippen MR) is 94.9 cm³/mol. The molecule has 1 aromatic carbocycles. The summed E-state index contributed by atoms with van der Waals surface area (Å²) in [6.45, 7) is 2.81. The van der Waals surface area contributed by atoms with Crippen molar-refractivity contribution in [2.45, 2.75) is 13.3 Å². The molecule has 0 radical (unpaired) electrons. The zero-order valence-electron chi connectivity index (χ0n) is 14.1. The molecule has 3 heterocycles. The van der Waals surface area contributed by atoms with E-state index in [2.05, 4.69) is 14.7 Å². The SMILES string of the molecule is Cc1c(C(=O)N2CCCN2C(=O)c2csnn2)cnn1-c1ccccc1. The Hall–Kier alpha value is -3.07. The number of carbonyl (C=O) groups is 2. The molecule has 2 aromatic heterocycles. The number of amides is 2. The number of hydrogen-bond donors (Lipinski definition) is 0. The summed E-state index contributed by atoms with van der Waals surface area (Å²) in [4.78, 5) is 25.6. The Morgan fingerprint density at radius 3 is 2.50 bits per heavy atom. The fourth-order valence-corrected chi connectivity index (χ4v) is 3.44. The Bertz CT molecular complexity index is 938. The van der Waals surface area contributed by atoms with Crippen molar-refractivity contribution >= 4 is 23.3 Å². The van der Waals surface area contributed by atoms with Gasteiger partial charge in [-0.15, -0.1) is 5.10 Å². The van der Waals surface area contributed by atoms with E-state index in [-0.39, 0.29) is 17.5 Å². The van der Waals surface area contributed by atoms with Gasteiger partial charge in [0.15, 0.2) is 5.69 Å². The number of rotatable bonds is 3. The second kappa shape index (κ2) is 6.68. The third kappa shape index (κ3) is 2.76. The van der Waals surface area contributed by atoms with Crippen LogP contribution in [-0.2, 0) is 0 Å². The van der Waals surface area contributed by atoms with Gasteiger partial charge in [0.1, 0.15) is 0 Å². The monoisotopic (exact) mass is 368 g/mol. The van der Waals surface area contributed by atoms with Crippen molar-refractivity contribution in [1.82, 2.24) is 29.4 Å². The van der Waals surface area contributed by atoms with Gasteiger partial charge >= 0.3 is 0 Å². The van der Waals surface area contributed by atoms with E-state index < -0.39 is 0 Å². The molecule has 1 saturated heterocycles. The van der Waals surface area contributed by atoms with Crippen LogP contribution in [0.5, 0.6) is 0 Å². The minimum atomic E-state index is -0.308. The molecule has 9 heteroatoms. The van der Waals surface area contributed by atoms with Crippen LogP contribution in [0.3, 0.4) is 0 Å². The minimum Gasteiger partial charge on any atom is -0.267 e. The van der Waals surface area contributed by atoms with E-state index in [0.29, 0.717) is 18.7 Å². The smallest absolute Gasteiger partial charge is 0.267 e. The predicted octanol–water partition coefficient (Wildman–Crippen LogP) is 1.94. The Kier molecular flexibility index (Phi) is 4.21. The molecule has 0 aliphatic carbocycles. The van der Waals surface area contributed by atoms with Crippen molar-refractivity contribution in [3.63, 3.8) is 0 Å². The second-order valence-corrected chi connectivity index (χ2v) is 6.50. The summed E-state index contributed by atoms with van der Waals surface area (Å²) in [6, 6.07) is 9.61. The molecule has 8 nitrogen and oxygen atoms in total. The highest BCUT2D eigenvalue weighted by Gasteiger charge is 2.34. The van der Waals surface area contributed by atoms with Crippen LogP contribution in [0.2, 0.25) is 0 Å². The number of aromatic nitrogens is 4. The van der Waals surface area contributed by atoms with Gasteiger partial charge in [-0.25, -0.2) is 14.7 Å². The maximum atomic E-state index is 13.0. The summed E-state index contributed by atoms with van der Waals surface area (Å²) < 4.78 is 5.44. The summed E-state index contributed by atoms with van der Waals surface area (Å²) in [6.07, 6.45) is 2.27. The average molecular weight is 368 g/mol. The molecule has 132 valence electrons. The first-order valence-electron chi connectivity index (χ1n) is 8.17. The first-order chi connectivity index (χ1) is 12.7. The van der Waals surface area contributed by atoms with Gasteiger partial charge in [-0.2, -0.15) is 5.10 Å². The second-order valence-electron chi connectivity index (χ2n) is 5.89. The van der Waals surface area contributed by atoms with Gasteiger partial charge in [-0.1, -0.05) is 22.7 Å². The molecule has 3 aromatic rings.